The van der Waals surface area contributed by atoms with Gasteiger partial charge < -0.3 is 17.7 Å². The summed E-state index contributed by atoms with van der Waals surface area (Å²) in [6.07, 6.45) is 0.564. The molecule has 1 aromatic rings. The van der Waals surface area contributed by atoms with Crippen LogP contribution in [-0.4, -0.2) is 18.6 Å². The summed E-state index contributed by atoms with van der Waals surface area (Å²) in [5.74, 6) is -1.50. The molecule has 1 aromatic heterocycles. The van der Waals surface area contributed by atoms with Crippen LogP contribution in [0.25, 0.3) is 0 Å². The number of nitrogens with zero attached hydrogens (tertiary/aromatic N) is 1. The SMILES string of the molecule is CCOc1ncc([B-](F)(F)F)cc1F.[K+]. The van der Waals surface area contributed by atoms with E-state index < -0.39 is 24.1 Å². The maximum absolute atomic E-state index is 12.9. The fourth-order valence-electron chi connectivity index (χ4n) is 0.862. The average molecular weight is 247 g/mol. The van der Waals surface area contributed by atoms with Crippen molar-refractivity contribution in [1.29, 1.82) is 0 Å². The van der Waals surface area contributed by atoms with Gasteiger partial charge in [-0.2, -0.15) is 0 Å². The van der Waals surface area contributed by atoms with E-state index in [1.165, 1.54) is 0 Å². The molecule has 15 heavy (non-hydrogen) atoms. The molecule has 2 nitrogen and oxygen atoms in total. The Labute approximate surface area is 127 Å². The predicted octanol–water partition coefficient (Wildman–Crippen LogP) is -1.32. The zero-order chi connectivity index (χ0) is 10.8. The Morgan fingerprint density at radius 2 is 2.00 bits per heavy atom. The van der Waals surface area contributed by atoms with Crippen molar-refractivity contribution in [2.24, 2.45) is 0 Å². The van der Waals surface area contributed by atoms with E-state index in [-0.39, 0.29) is 58.0 Å². The minimum Gasteiger partial charge on any atom is -0.476 e. The molecule has 0 saturated carbocycles. The molecule has 0 atom stereocenters. The van der Waals surface area contributed by atoms with E-state index in [2.05, 4.69) is 9.72 Å². The smallest absolute Gasteiger partial charge is 0.476 e. The van der Waals surface area contributed by atoms with Crippen molar-refractivity contribution < 1.29 is 73.5 Å². The Morgan fingerprint density at radius 3 is 2.40 bits per heavy atom. The van der Waals surface area contributed by atoms with Gasteiger partial charge in [0.1, 0.15) is 0 Å². The summed E-state index contributed by atoms with van der Waals surface area (Å²) >= 11 is 0. The van der Waals surface area contributed by atoms with Crippen LogP contribution in [0, 0.1) is 5.82 Å². The van der Waals surface area contributed by atoms with Crippen LogP contribution in [-0.2, 0) is 0 Å². The van der Waals surface area contributed by atoms with Gasteiger partial charge in [-0.3, -0.25) is 0 Å². The van der Waals surface area contributed by atoms with Gasteiger partial charge in [-0.05, 0) is 13.0 Å². The van der Waals surface area contributed by atoms with Gasteiger partial charge in [0.15, 0.2) is 5.82 Å². The molecule has 0 radical (unpaired) electrons. The van der Waals surface area contributed by atoms with E-state index in [1.807, 2.05) is 0 Å². The van der Waals surface area contributed by atoms with E-state index in [0.717, 1.165) is 0 Å². The summed E-state index contributed by atoms with van der Waals surface area (Å²) in [4.78, 5) is 3.23. The van der Waals surface area contributed by atoms with Crippen molar-refractivity contribution in [2.45, 2.75) is 6.92 Å². The first-order chi connectivity index (χ1) is 6.45. The number of hydrogen-bond acceptors (Lipinski definition) is 2. The molecule has 0 bridgehead atoms. The minimum absolute atomic E-state index is 0. The Hall–Kier alpha value is 0.371. The summed E-state index contributed by atoms with van der Waals surface area (Å²) in [6, 6.07) is 0.387. The first-order valence-corrected chi connectivity index (χ1v) is 3.93. The van der Waals surface area contributed by atoms with Crippen molar-refractivity contribution in [1.82, 2.24) is 4.98 Å². The molecule has 0 aromatic carbocycles. The molecule has 0 saturated heterocycles. The van der Waals surface area contributed by atoms with Crippen molar-refractivity contribution >= 4 is 12.4 Å². The molecule has 0 fully saturated rings. The molecule has 1 rings (SSSR count). The van der Waals surface area contributed by atoms with Gasteiger partial charge in [0.05, 0.1) is 6.61 Å². The zero-order valence-electron chi connectivity index (χ0n) is 8.31. The number of ether oxygens (including phenoxy) is 1. The van der Waals surface area contributed by atoms with Crippen molar-refractivity contribution in [3.05, 3.63) is 18.1 Å². The number of aromatic nitrogens is 1. The number of hydrogen-bond donors (Lipinski definition) is 0. The van der Waals surface area contributed by atoms with E-state index in [4.69, 9.17) is 0 Å². The summed E-state index contributed by atoms with van der Waals surface area (Å²) in [5.41, 5.74) is -1.06. The fourth-order valence-corrected chi connectivity index (χ4v) is 0.862. The summed E-state index contributed by atoms with van der Waals surface area (Å²) in [7, 11) is 0. The van der Waals surface area contributed by atoms with Crippen molar-refractivity contribution in [3.8, 4) is 5.88 Å². The molecule has 78 valence electrons. The van der Waals surface area contributed by atoms with Gasteiger partial charge in [0.2, 0.25) is 5.88 Å². The number of halogens is 4. The van der Waals surface area contributed by atoms with Gasteiger partial charge >= 0.3 is 58.4 Å². The second-order valence-electron chi connectivity index (χ2n) is 2.56. The van der Waals surface area contributed by atoms with Crippen LogP contribution in [0.1, 0.15) is 6.92 Å². The number of pyridine rings is 1. The van der Waals surface area contributed by atoms with Crippen LogP contribution in [0.15, 0.2) is 12.3 Å². The first-order valence-electron chi connectivity index (χ1n) is 3.93. The van der Waals surface area contributed by atoms with Crippen LogP contribution in [0.4, 0.5) is 17.3 Å². The summed E-state index contributed by atoms with van der Waals surface area (Å²) in [5, 5.41) is 0. The molecule has 8 heteroatoms. The molecule has 0 aliphatic carbocycles. The van der Waals surface area contributed by atoms with Gasteiger partial charge in [0.25, 0.3) is 0 Å². The van der Waals surface area contributed by atoms with Gasteiger partial charge in [0, 0.05) is 6.20 Å². The molecule has 0 amide bonds. The molecule has 0 aliphatic heterocycles. The molecule has 0 unspecified atom stereocenters. The Balaban J connectivity index is 0.00000196. The van der Waals surface area contributed by atoms with Gasteiger partial charge in [-0.25, -0.2) is 9.37 Å². The predicted molar refractivity (Wildman–Crippen MR) is 44.1 cm³/mol. The zero-order valence-corrected chi connectivity index (χ0v) is 11.4. The maximum Gasteiger partial charge on any atom is 1.00 e. The van der Waals surface area contributed by atoms with E-state index in [0.29, 0.717) is 12.3 Å². The third-order valence-corrected chi connectivity index (χ3v) is 1.49. The molecule has 1 heterocycles. The van der Waals surface area contributed by atoms with E-state index >= 15 is 0 Å². The van der Waals surface area contributed by atoms with Crippen LogP contribution < -0.4 is 61.6 Å². The summed E-state index contributed by atoms with van der Waals surface area (Å²) < 4.78 is 53.8. The Morgan fingerprint density at radius 1 is 1.40 bits per heavy atom. The third kappa shape index (κ3) is 4.39. The third-order valence-electron chi connectivity index (χ3n) is 1.49. The van der Waals surface area contributed by atoms with Crippen molar-refractivity contribution in [3.63, 3.8) is 0 Å². The normalized spacial score (nSPS) is 10.7. The molecule has 0 aliphatic rings. The largest absolute Gasteiger partial charge is 1.00 e. The molecule has 0 spiro atoms. The van der Waals surface area contributed by atoms with Gasteiger partial charge in [-0.15, -0.1) is 0 Å². The van der Waals surface area contributed by atoms with Crippen LogP contribution in [0.3, 0.4) is 0 Å². The standard InChI is InChI=1S/C7H7BF4NO.K/c1-2-14-7-6(9)3-5(4-13-7)8(10,11)12;/h3-4H,2H2,1H3;/q-1;+1. The van der Waals surface area contributed by atoms with Crippen molar-refractivity contribution in [2.75, 3.05) is 6.61 Å². The van der Waals surface area contributed by atoms with Crippen LogP contribution >= 0.6 is 0 Å². The van der Waals surface area contributed by atoms with E-state index in [9.17, 15) is 17.3 Å². The summed E-state index contributed by atoms with van der Waals surface area (Å²) in [6.45, 7) is -3.47. The van der Waals surface area contributed by atoms with Crippen LogP contribution in [0.5, 0.6) is 5.88 Å². The fraction of sp³-hybridized carbons (Fsp3) is 0.286. The monoisotopic (exact) mass is 247 g/mol. The number of rotatable bonds is 3. The molecular weight excluding hydrogens is 240 g/mol. The maximum atomic E-state index is 12.9. The van der Waals surface area contributed by atoms with Gasteiger partial charge in [-0.1, -0.05) is 5.46 Å². The topological polar surface area (TPSA) is 22.1 Å². The van der Waals surface area contributed by atoms with Crippen LogP contribution in [0.2, 0.25) is 0 Å². The average Bonchev–Trinajstić information content (AvgIpc) is 2.07. The quantitative estimate of drug-likeness (QED) is 0.488. The second kappa shape index (κ2) is 6.19. The minimum atomic E-state index is -5.21. The van der Waals surface area contributed by atoms with E-state index in [1.54, 1.807) is 6.92 Å². The Bertz CT molecular complexity index is 333. The first kappa shape index (κ1) is 15.4. The molecular formula is C7H7BF4KNO. The Kier molecular flexibility index (Phi) is 6.34. The molecule has 0 N–H and O–H groups in total. The second-order valence-corrected chi connectivity index (χ2v) is 2.56.